The molecule has 0 bridgehead atoms. The van der Waals surface area contributed by atoms with Gasteiger partial charge in [0.2, 0.25) is 0 Å². The highest BCUT2D eigenvalue weighted by Gasteiger charge is 2.32. The molecule has 0 heterocycles. The van der Waals surface area contributed by atoms with Gasteiger partial charge in [-0.2, -0.15) is 17.0 Å². The minimum Gasteiger partial charge on any atom is -0.465 e. The monoisotopic (exact) mass is 401 g/mol. The number of hydrogen-bond donors (Lipinski definition) is 3. The second-order valence-electron chi connectivity index (χ2n) is 6.95. The van der Waals surface area contributed by atoms with Crippen LogP contribution in [0.1, 0.15) is 26.3 Å². The Morgan fingerprint density at radius 2 is 1.78 bits per heavy atom. The molecule has 0 fully saturated rings. The van der Waals surface area contributed by atoms with Crippen LogP contribution in [0.4, 0.5) is 4.79 Å². The second kappa shape index (κ2) is 10.6. The largest absolute Gasteiger partial charge is 0.465 e. The predicted octanol–water partition coefficient (Wildman–Crippen LogP) is 1.38. The lowest BCUT2D eigenvalue weighted by Gasteiger charge is -2.32. The van der Waals surface area contributed by atoms with E-state index in [1.165, 1.54) is 15.7 Å². The number of rotatable bonds is 11. The van der Waals surface area contributed by atoms with E-state index in [2.05, 4.69) is 5.32 Å². The van der Waals surface area contributed by atoms with Crippen LogP contribution in [0.3, 0.4) is 0 Å². The van der Waals surface area contributed by atoms with E-state index in [1.54, 1.807) is 6.92 Å². The van der Waals surface area contributed by atoms with Gasteiger partial charge in [0.25, 0.3) is 10.2 Å². The van der Waals surface area contributed by atoms with Gasteiger partial charge in [-0.1, -0.05) is 51.1 Å². The number of amides is 1. The Labute approximate surface area is 162 Å². The van der Waals surface area contributed by atoms with Crippen molar-refractivity contribution in [3.63, 3.8) is 0 Å². The molecule has 3 N–H and O–H groups in total. The van der Waals surface area contributed by atoms with Crippen LogP contribution >= 0.6 is 0 Å². The van der Waals surface area contributed by atoms with Gasteiger partial charge in [-0.05, 0) is 17.9 Å². The molecular formula is C18H31N3O5S. The summed E-state index contributed by atoms with van der Waals surface area (Å²) in [5, 5.41) is 22.1. The van der Waals surface area contributed by atoms with Gasteiger partial charge in [0.05, 0.1) is 12.1 Å². The van der Waals surface area contributed by atoms with Crippen LogP contribution in [0, 0.1) is 5.92 Å². The standard InChI is InChI=1S/C18H31N3O5S/c1-5-20(4)27(25,26)21(12-14(2)3)13-17(22)16(19-18(23)24)11-15-9-7-6-8-10-15/h6-10,14,16-17,19,22H,5,11-13H2,1-4H3,(H,23,24)/t16-,17+/m0/s1. The molecule has 0 aliphatic carbocycles. The minimum absolute atomic E-state index is 0.0530. The molecule has 1 aromatic carbocycles. The molecule has 1 amide bonds. The number of carboxylic acid groups (broad SMARTS) is 1. The Hall–Kier alpha value is -1.68. The van der Waals surface area contributed by atoms with Crippen molar-refractivity contribution in [2.24, 2.45) is 5.92 Å². The molecule has 1 aromatic rings. The summed E-state index contributed by atoms with van der Waals surface area (Å²) in [4.78, 5) is 11.2. The summed E-state index contributed by atoms with van der Waals surface area (Å²) in [5.74, 6) is 0.0530. The number of hydrogen-bond acceptors (Lipinski definition) is 4. The maximum absolute atomic E-state index is 12.7. The molecule has 0 saturated heterocycles. The lowest BCUT2D eigenvalue weighted by Crippen LogP contribution is -2.53. The third-order valence-electron chi connectivity index (χ3n) is 4.20. The summed E-state index contributed by atoms with van der Waals surface area (Å²) >= 11 is 0. The third kappa shape index (κ3) is 7.45. The molecule has 27 heavy (non-hydrogen) atoms. The summed E-state index contributed by atoms with van der Waals surface area (Å²) in [7, 11) is -2.27. The maximum Gasteiger partial charge on any atom is 0.404 e. The second-order valence-corrected chi connectivity index (χ2v) is 8.98. The Morgan fingerprint density at radius 3 is 2.26 bits per heavy atom. The lowest BCUT2D eigenvalue weighted by molar-refractivity contribution is 0.0965. The average Bonchev–Trinajstić information content (AvgIpc) is 2.59. The Bertz CT molecular complexity index is 681. The zero-order chi connectivity index (χ0) is 20.6. The molecule has 0 aliphatic heterocycles. The Balaban J connectivity index is 3.02. The van der Waals surface area contributed by atoms with Gasteiger partial charge in [0, 0.05) is 26.7 Å². The van der Waals surface area contributed by atoms with E-state index in [-0.39, 0.29) is 25.4 Å². The summed E-state index contributed by atoms with van der Waals surface area (Å²) in [6, 6.07) is 8.32. The first-order valence-corrected chi connectivity index (χ1v) is 10.4. The van der Waals surface area contributed by atoms with Gasteiger partial charge in [0.15, 0.2) is 0 Å². The van der Waals surface area contributed by atoms with Crippen molar-refractivity contribution in [1.82, 2.24) is 13.9 Å². The van der Waals surface area contributed by atoms with Gasteiger partial charge in [0.1, 0.15) is 0 Å². The zero-order valence-electron chi connectivity index (χ0n) is 16.4. The molecule has 0 aliphatic rings. The maximum atomic E-state index is 12.7. The molecule has 8 nitrogen and oxygen atoms in total. The van der Waals surface area contributed by atoms with Gasteiger partial charge in [-0.3, -0.25) is 0 Å². The van der Waals surface area contributed by atoms with Gasteiger partial charge in [-0.25, -0.2) is 4.79 Å². The van der Waals surface area contributed by atoms with Crippen molar-refractivity contribution in [2.75, 3.05) is 26.7 Å². The van der Waals surface area contributed by atoms with Crippen molar-refractivity contribution in [3.8, 4) is 0 Å². The van der Waals surface area contributed by atoms with E-state index in [4.69, 9.17) is 5.11 Å². The zero-order valence-corrected chi connectivity index (χ0v) is 17.2. The number of nitrogens with one attached hydrogen (secondary N) is 1. The molecule has 9 heteroatoms. The van der Waals surface area contributed by atoms with Crippen LogP contribution in [-0.2, 0) is 16.6 Å². The fraction of sp³-hybridized carbons (Fsp3) is 0.611. The van der Waals surface area contributed by atoms with Crippen LogP contribution in [-0.4, -0.2) is 72.2 Å². The fourth-order valence-corrected chi connectivity index (χ4v) is 4.22. The number of aliphatic hydroxyl groups is 1. The van der Waals surface area contributed by atoms with E-state index < -0.39 is 28.4 Å². The predicted molar refractivity (Wildman–Crippen MR) is 105 cm³/mol. The van der Waals surface area contributed by atoms with E-state index in [1.807, 2.05) is 44.2 Å². The normalized spacial score (nSPS) is 14.5. The molecule has 1 rings (SSSR count). The van der Waals surface area contributed by atoms with Gasteiger partial charge >= 0.3 is 6.09 Å². The van der Waals surface area contributed by atoms with Crippen LogP contribution in [0.15, 0.2) is 30.3 Å². The van der Waals surface area contributed by atoms with E-state index in [9.17, 15) is 18.3 Å². The van der Waals surface area contributed by atoms with Crippen molar-refractivity contribution >= 4 is 16.3 Å². The van der Waals surface area contributed by atoms with Crippen molar-refractivity contribution < 1.29 is 23.4 Å². The molecule has 2 atom stereocenters. The molecule has 0 radical (unpaired) electrons. The minimum atomic E-state index is -3.74. The Morgan fingerprint density at radius 1 is 1.19 bits per heavy atom. The van der Waals surface area contributed by atoms with Crippen LogP contribution < -0.4 is 5.32 Å². The van der Waals surface area contributed by atoms with Crippen molar-refractivity contribution in [2.45, 2.75) is 39.3 Å². The molecule has 154 valence electrons. The molecule has 0 saturated carbocycles. The topological polar surface area (TPSA) is 110 Å². The van der Waals surface area contributed by atoms with E-state index in [0.717, 1.165) is 5.56 Å². The van der Waals surface area contributed by atoms with Gasteiger partial charge < -0.3 is 15.5 Å². The first kappa shape index (κ1) is 23.4. The molecule has 0 aromatic heterocycles. The highest BCUT2D eigenvalue weighted by atomic mass is 32.2. The van der Waals surface area contributed by atoms with Crippen LogP contribution in [0.25, 0.3) is 0 Å². The number of aliphatic hydroxyl groups excluding tert-OH is 1. The summed E-state index contributed by atoms with van der Waals surface area (Å²) < 4.78 is 27.9. The lowest BCUT2D eigenvalue weighted by atomic mass is 10.0. The van der Waals surface area contributed by atoms with Crippen LogP contribution in [0.2, 0.25) is 0 Å². The first-order chi connectivity index (χ1) is 12.6. The third-order valence-corrected chi connectivity index (χ3v) is 6.19. The number of benzene rings is 1. The SMILES string of the molecule is CCN(C)S(=O)(=O)N(CC(C)C)C[C@@H](O)[C@H](Cc1ccccc1)NC(=O)O. The Kier molecular flexibility index (Phi) is 9.17. The average molecular weight is 402 g/mol. The highest BCUT2D eigenvalue weighted by Crippen LogP contribution is 2.14. The number of carbonyl (C=O) groups is 1. The van der Waals surface area contributed by atoms with Crippen molar-refractivity contribution in [1.29, 1.82) is 0 Å². The molecule has 0 spiro atoms. The van der Waals surface area contributed by atoms with E-state index in [0.29, 0.717) is 6.54 Å². The van der Waals surface area contributed by atoms with E-state index >= 15 is 0 Å². The summed E-state index contributed by atoms with van der Waals surface area (Å²) in [6.45, 7) is 5.84. The smallest absolute Gasteiger partial charge is 0.404 e. The highest BCUT2D eigenvalue weighted by molar-refractivity contribution is 7.86. The van der Waals surface area contributed by atoms with Gasteiger partial charge in [-0.15, -0.1) is 0 Å². The molecule has 0 unspecified atom stereocenters. The van der Waals surface area contributed by atoms with Crippen molar-refractivity contribution in [3.05, 3.63) is 35.9 Å². The molecular weight excluding hydrogens is 370 g/mol. The summed E-state index contributed by atoms with van der Waals surface area (Å²) in [5.41, 5.74) is 0.847. The first-order valence-electron chi connectivity index (χ1n) is 9.00. The number of nitrogens with zero attached hydrogens (tertiary/aromatic N) is 2. The quantitative estimate of drug-likeness (QED) is 0.519. The summed E-state index contributed by atoms with van der Waals surface area (Å²) in [6.07, 6.45) is -2.20. The van der Waals surface area contributed by atoms with Crippen LogP contribution in [0.5, 0.6) is 0 Å². The fourth-order valence-electron chi connectivity index (χ4n) is 2.68.